The fraction of sp³-hybridized carbons (Fsp3) is 0.154. The monoisotopic (exact) mass is 243 g/mol. The van der Waals surface area contributed by atoms with Crippen LogP contribution in [0.5, 0.6) is 5.75 Å². The lowest BCUT2D eigenvalue weighted by Gasteiger charge is -1.96. The Bertz CT molecular complexity index is 697. The third-order valence-electron chi connectivity index (χ3n) is 2.81. The highest BCUT2D eigenvalue weighted by molar-refractivity contribution is 5.85. The van der Waals surface area contributed by atoms with Gasteiger partial charge in [0.1, 0.15) is 17.2 Å². The number of nitrogens with two attached hydrogens (primary N) is 1. The van der Waals surface area contributed by atoms with Crippen molar-refractivity contribution in [1.82, 2.24) is 9.97 Å². The van der Waals surface area contributed by atoms with Gasteiger partial charge in [-0.2, -0.15) is 0 Å². The Labute approximate surface area is 103 Å². The van der Waals surface area contributed by atoms with Gasteiger partial charge in [0.2, 0.25) is 5.89 Å². The van der Waals surface area contributed by atoms with Crippen LogP contribution in [0.1, 0.15) is 18.7 Å². The van der Waals surface area contributed by atoms with Crippen molar-refractivity contribution >= 4 is 10.9 Å². The minimum atomic E-state index is -0.181. The number of hydrogen-bond donors (Lipinski definition) is 3. The number of benzene rings is 1. The summed E-state index contributed by atoms with van der Waals surface area (Å²) < 4.78 is 5.56. The highest BCUT2D eigenvalue weighted by Gasteiger charge is 2.12. The fourth-order valence-corrected chi connectivity index (χ4v) is 1.86. The van der Waals surface area contributed by atoms with E-state index >= 15 is 0 Å². The first-order valence-corrected chi connectivity index (χ1v) is 5.67. The molecule has 2 heterocycles. The van der Waals surface area contributed by atoms with Crippen molar-refractivity contribution in [1.29, 1.82) is 0 Å². The topological polar surface area (TPSA) is 88.1 Å². The van der Waals surface area contributed by atoms with Gasteiger partial charge in [0.25, 0.3) is 0 Å². The van der Waals surface area contributed by atoms with Crippen LogP contribution < -0.4 is 5.73 Å². The molecule has 0 aliphatic carbocycles. The van der Waals surface area contributed by atoms with Crippen molar-refractivity contribution in [3.63, 3.8) is 0 Å². The van der Waals surface area contributed by atoms with Gasteiger partial charge in [-0.25, -0.2) is 4.98 Å². The number of phenolic OH excluding ortho intramolecular Hbond substituents is 1. The highest BCUT2D eigenvalue weighted by Crippen LogP contribution is 2.27. The van der Waals surface area contributed by atoms with Gasteiger partial charge in [0.05, 0.1) is 12.2 Å². The van der Waals surface area contributed by atoms with Crippen molar-refractivity contribution < 1.29 is 9.52 Å². The predicted molar refractivity (Wildman–Crippen MR) is 68.1 cm³/mol. The van der Waals surface area contributed by atoms with Gasteiger partial charge in [-0.3, -0.25) is 0 Å². The van der Waals surface area contributed by atoms with E-state index in [1.165, 1.54) is 0 Å². The normalized spacial score (nSPS) is 13.0. The van der Waals surface area contributed by atoms with Gasteiger partial charge in [0, 0.05) is 10.9 Å². The maximum atomic E-state index is 9.42. The summed E-state index contributed by atoms with van der Waals surface area (Å²) in [4.78, 5) is 7.37. The summed E-state index contributed by atoms with van der Waals surface area (Å²) in [6.45, 7) is 1.84. The number of phenols is 1. The van der Waals surface area contributed by atoms with Gasteiger partial charge < -0.3 is 20.2 Å². The number of H-pyrrole nitrogens is 1. The van der Waals surface area contributed by atoms with E-state index in [0.717, 1.165) is 16.6 Å². The molecule has 0 spiro atoms. The summed E-state index contributed by atoms with van der Waals surface area (Å²) in [5.74, 6) is 1.38. The number of aromatic nitrogens is 2. The molecule has 92 valence electrons. The Balaban J connectivity index is 2.07. The molecule has 4 N–H and O–H groups in total. The second-order valence-corrected chi connectivity index (χ2v) is 4.31. The molecule has 0 bridgehead atoms. The van der Waals surface area contributed by atoms with Crippen LogP contribution in [-0.2, 0) is 0 Å². The molecule has 1 atom stereocenters. The second kappa shape index (κ2) is 3.89. The molecule has 18 heavy (non-hydrogen) atoms. The molecule has 0 radical (unpaired) electrons. The van der Waals surface area contributed by atoms with E-state index < -0.39 is 0 Å². The van der Waals surface area contributed by atoms with Crippen LogP contribution in [0.2, 0.25) is 0 Å². The summed E-state index contributed by atoms with van der Waals surface area (Å²) in [6, 6.07) is 6.82. The average molecular weight is 243 g/mol. The van der Waals surface area contributed by atoms with Crippen LogP contribution in [0.4, 0.5) is 0 Å². The molecule has 0 aliphatic rings. The summed E-state index contributed by atoms with van der Waals surface area (Å²) in [5, 5.41) is 10.3. The Hall–Kier alpha value is -2.27. The number of nitrogens with one attached hydrogen (secondary N) is 1. The molecule has 0 saturated carbocycles. The van der Waals surface area contributed by atoms with Crippen LogP contribution in [0.3, 0.4) is 0 Å². The Kier molecular flexibility index (Phi) is 2.34. The second-order valence-electron chi connectivity index (χ2n) is 4.31. The minimum Gasteiger partial charge on any atom is -0.508 e. The zero-order valence-corrected chi connectivity index (χ0v) is 9.84. The van der Waals surface area contributed by atoms with Crippen LogP contribution in [-0.4, -0.2) is 15.1 Å². The molecule has 2 aromatic heterocycles. The number of hydrogen-bond acceptors (Lipinski definition) is 4. The van der Waals surface area contributed by atoms with Crippen LogP contribution in [0.15, 0.2) is 34.9 Å². The Morgan fingerprint density at radius 1 is 1.39 bits per heavy atom. The van der Waals surface area contributed by atoms with E-state index in [0.29, 0.717) is 11.7 Å². The quantitative estimate of drug-likeness (QED) is 0.645. The number of nitrogens with zero attached hydrogens (tertiary/aromatic N) is 1. The third kappa shape index (κ3) is 1.74. The number of oxazole rings is 1. The van der Waals surface area contributed by atoms with E-state index in [1.807, 2.05) is 19.1 Å². The lowest BCUT2D eigenvalue weighted by molar-refractivity contribution is 0.476. The SMILES string of the molecule is C[C@H](N)c1cnc(-c2cc3cc(O)ccc3[nH]2)o1. The fourth-order valence-electron chi connectivity index (χ4n) is 1.86. The molecule has 0 fully saturated rings. The third-order valence-corrected chi connectivity index (χ3v) is 2.81. The van der Waals surface area contributed by atoms with Crippen molar-refractivity contribution in [3.05, 3.63) is 36.2 Å². The first kappa shape index (κ1) is 10.9. The first-order chi connectivity index (χ1) is 8.63. The summed E-state index contributed by atoms with van der Waals surface area (Å²) >= 11 is 0. The predicted octanol–water partition coefficient (Wildman–Crippen LogP) is 2.55. The standard InChI is InChI=1S/C13H13N3O2/c1-7(14)12-6-15-13(18-12)11-5-8-4-9(17)2-3-10(8)16-11/h2-7,16-17H,14H2,1H3/t7-/m0/s1. The van der Waals surface area contributed by atoms with E-state index in [4.69, 9.17) is 10.2 Å². The molecule has 5 nitrogen and oxygen atoms in total. The van der Waals surface area contributed by atoms with Gasteiger partial charge in [-0.05, 0) is 31.2 Å². The lowest BCUT2D eigenvalue weighted by atomic mass is 10.2. The maximum absolute atomic E-state index is 9.42. The summed E-state index contributed by atoms with van der Waals surface area (Å²) in [6.07, 6.45) is 1.63. The molecule has 1 aromatic carbocycles. The number of fused-ring (bicyclic) bond motifs is 1. The van der Waals surface area contributed by atoms with Crippen molar-refractivity contribution in [2.45, 2.75) is 13.0 Å². The average Bonchev–Trinajstić information content (AvgIpc) is 2.93. The molecule has 0 aliphatic heterocycles. The minimum absolute atomic E-state index is 0.181. The van der Waals surface area contributed by atoms with Crippen molar-refractivity contribution in [2.75, 3.05) is 0 Å². The van der Waals surface area contributed by atoms with Gasteiger partial charge in [-0.15, -0.1) is 0 Å². The smallest absolute Gasteiger partial charge is 0.243 e. The van der Waals surface area contributed by atoms with Crippen LogP contribution >= 0.6 is 0 Å². The molecule has 0 amide bonds. The van der Waals surface area contributed by atoms with E-state index in [1.54, 1.807) is 18.3 Å². The van der Waals surface area contributed by atoms with Gasteiger partial charge in [0.15, 0.2) is 0 Å². The molecule has 5 heteroatoms. The molecule has 3 aromatic rings. The van der Waals surface area contributed by atoms with Crippen LogP contribution in [0, 0.1) is 0 Å². The number of aromatic amines is 1. The van der Waals surface area contributed by atoms with Crippen molar-refractivity contribution in [2.24, 2.45) is 5.73 Å². The lowest BCUT2D eigenvalue weighted by Crippen LogP contribution is -2.02. The molecule has 0 saturated heterocycles. The number of aromatic hydroxyl groups is 1. The van der Waals surface area contributed by atoms with E-state index in [-0.39, 0.29) is 11.8 Å². The van der Waals surface area contributed by atoms with E-state index in [2.05, 4.69) is 9.97 Å². The first-order valence-electron chi connectivity index (χ1n) is 5.67. The van der Waals surface area contributed by atoms with Crippen LogP contribution in [0.25, 0.3) is 22.5 Å². The van der Waals surface area contributed by atoms with Crippen molar-refractivity contribution in [3.8, 4) is 17.3 Å². The largest absolute Gasteiger partial charge is 0.508 e. The Morgan fingerprint density at radius 3 is 2.94 bits per heavy atom. The van der Waals surface area contributed by atoms with E-state index in [9.17, 15) is 5.11 Å². The summed E-state index contributed by atoms with van der Waals surface area (Å²) in [7, 11) is 0. The maximum Gasteiger partial charge on any atom is 0.243 e. The zero-order chi connectivity index (χ0) is 12.7. The zero-order valence-electron chi connectivity index (χ0n) is 9.84. The number of rotatable bonds is 2. The highest BCUT2D eigenvalue weighted by atomic mass is 16.4. The molecule has 3 rings (SSSR count). The summed E-state index contributed by atoms with van der Waals surface area (Å²) in [5.41, 5.74) is 7.41. The molecular weight excluding hydrogens is 230 g/mol. The van der Waals surface area contributed by atoms with Gasteiger partial charge in [-0.1, -0.05) is 0 Å². The van der Waals surface area contributed by atoms with Gasteiger partial charge >= 0.3 is 0 Å². The molecule has 0 unspecified atom stereocenters. The molecular formula is C13H13N3O2. The Morgan fingerprint density at radius 2 is 2.22 bits per heavy atom.